The van der Waals surface area contributed by atoms with E-state index in [-0.39, 0.29) is 6.61 Å². The first-order valence-corrected chi connectivity index (χ1v) is 7.96. The average Bonchev–Trinajstić information content (AvgIpc) is 2.99. The molecule has 3 nitrogen and oxygen atoms in total. The molecule has 0 radical (unpaired) electrons. The van der Waals surface area contributed by atoms with E-state index in [9.17, 15) is 5.11 Å². The fraction of sp³-hybridized carbons (Fsp3) is 0.500. The Morgan fingerprint density at radius 3 is 2.67 bits per heavy atom. The molecule has 1 saturated heterocycles. The number of benzene rings is 1. The lowest BCUT2D eigenvalue weighted by Crippen LogP contribution is -2.26. The number of aliphatic hydroxyl groups is 1. The highest BCUT2D eigenvalue weighted by atomic mass is 16.3. The summed E-state index contributed by atoms with van der Waals surface area (Å²) in [4.78, 5) is 7.01. The van der Waals surface area contributed by atoms with Crippen LogP contribution in [0.25, 0.3) is 10.9 Å². The third kappa shape index (κ3) is 2.51. The topological polar surface area (TPSA) is 36.4 Å². The lowest BCUT2D eigenvalue weighted by Gasteiger charge is -2.28. The Kier molecular flexibility index (Phi) is 3.85. The van der Waals surface area contributed by atoms with Gasteiger partial charge >= 0.3 is 0 Å². The summed E-state index contributed by atoms with van der Waals surface area (Å²) in [6.45, 7) is 6.81. The average molecular weight is 284 g/mol. The Balaban J connectivity index is 2.04. The molecular weight excluding hydrogens is 260 g/mol. The Labute approximate surface area is 126 Å². The van der Waals surface area contributed by atoms with Gasteiger partial charge in [-0.3, -0.25) is 4.98 Å². The molecule has 1 aromatic carbocycles. The minimum atomic E-state index is -0.00161. The van der Waals surface area contributed by atoms with Gasteiger partial charge in [-0.25, -0.2) is 0 Å². The Hall–Kier alpha value is -1.61. The highest BCUT2D eigenvalue weighted by molar-refractivity contribution is 5.92. The van der Waals surface area contributed by atoms with E-state index in [0.717, 1.165) is 24.3 Å². The molecule has 0 amide bonds. The van der Waals surface area contributed by atoms with Gasteiger partial charge in [-0.2, -0.15) is 0 Å². The van der Waals surface area contributed by atoms with Gasteiger partial charge in [-0.05, 0) is 36.8 Å². The Morgan fingerprint density at radius 2 is 2.00 bits per heavy atom. The first kappa shape index (κ1) is 14.3. The summed E-state index contributed by atoms with van der Waals surface area (Å²) in [5.74, 6) is 0. The number of hydrogen-bond donors (Lipinski definition) is 1. The Bertz CT molecular complexity index is 634. The largest absolute Gasteiger partial charge is 0.390 e. The first-order chi connectivity index (χ1) is 10.2. The Morgan fingerprint density at radius 1 is 1.24 bits per heavy atom. The number of para-hydroxylation sites is 1. The van der Waals surface area contributed by atoms with E-state index >= 15 is 0 Å². The number of aliphatic hydroxyl groups excluding tert-OH is 1. The smallest absolute Gasteiger partial charge is 0.0854 e. The molecule has 0 aliphatic carbocycles. The van der Waals surface area contributed by atoms with Gasteiger partial charge in [0.15, 0.2) is 0 Å². The van der Waals surface area contributed by atoms with Crippen LogP contribution in [0.4, 0.5) is 5.69 Å². The number of hydrogen-bond acceptors (Lipinski definition) is 3. The van der Waals surface area contributed by atoms with E-state index in [1.54, 1.807) is 0 Å². The first-order valence-electron chi connectivity index (χ1n) is 7.96. The van der Waals surface area contributed by atoms with Gasteiger partial charge in [0.2, 0.25) is 0 Å². The number of nitrogens with zero attached hydrogens (tertiary/aromatic N) is 2. The molecule has 0 bridgehead atoms. The van der Waals surface area contributed by atoms with Crippen molar-refractivity contribution in [3.63, 3.8) is 0 Å². The van der Waals surface area contributed by atoms with Crippen LogP contribution in [0.1, 0.15) is 38.8 Å². The number of fused-ring (bicyclic) bond motifs is 1. The number of rotatable bonds is 4. The molecule has 1 aliphatic rings. The van der Waals surface area contributed by atoms with Crippen molar-refractivity contribution in [3.8, 4) is 0 Å². The summed E-state index contributed by atoms with van der Waals surface area (Å²) in [6.07, 6.45) is 3.72. The summed E-state index contributed by atoms with van der Waals surface area (Å²) in [5.41, 5.74) is 3.41. The molecule has 21 heavy (non-hydrogen) atoms. The maximum Gasteiger partial charge on any atom is 0.0854 e. The standard InChI is InChI=1S/C18H24N2O/c1-3-18(4-2)9-10-20(13-18)17-11-14(12-21)19-16-8-6-5-7-15(16)17/h5-8,11,21H,3-4,9-10,12-13H2,1-2H3. The van der Waals surface area contributed by atoms with Crippen LogP contribution >= 0.6 is 0 Å². The van der Waals surface area contributed by atoms with Crippen LogP contribution in [0.5, 0.6) is 0 Å². The zero-order valence-corrected chi connectivity index (χ0v) is 13.0. The molecule has 3 heteroatoms. The van der Waals surface area contributed by atoms with E-state index in [1.165, 1.54) is 30.3 Å². The third-order valence-electron chi connectivity index (χ3n) is 5.19. The zero-order valence-electron chi connectivity index (χ0n) is 13.0. The summed E-state index contributed by atoms with van der Waals surface area (Å²) in [5, 5.41) is 10.7. The molecule has 1 N–H and O–H groups in total. The van der Waals surface area contributed by atoms with Crippen molar-refractivity contribution in [2.75, 3.05) is 18.0 Å². The molecule has 112 valence electrons. The molecule has 0 atom stereocenters. The molecular formula is C18H24N2O. The molecule has 1 aromatic heterocycles. The minimum absolute atomic E-state index is 0.00161. The van der Waals surface area contributed by atoms with E-state index < -0.39 is 0 Å². The van der Waals surface area contributed by atoms with Gasteiger partial charge in [0.05, 0.1) is 17.8 Å². The maximum absolute atomic E-state index is 9.48. The summed E-state index contributed by atoms with van der Waals surface area (Å²) >= 11 is 0. The number of aromatic nitrogens is 1. The van der Waals surface area contributed by atoms with Gasteiger partial charge < -0.3 is 10.0 Å². The maximum atomic E-state index is 9.48. The van der Waals surface area contributed by atoms with E-state index in [4.69, 9.17) is 0 Å². The van der Waals surface area contributed by atoms with E-state index in [2.05, 4.69) is 41.9 Å². The van der Waals surface area contributed by atoms with Crippen molar-refractivity contribution in [1.82, 2.24) is 4.98 Å². The monoisotopic (exact) mass is 284 g/mol. The molecule has 2 aromatic rings. The summed E-state index contributed by atoms with van der Waals surface area (Å²) < 4.78 is 0. The van der Waals surface area contributed by atoms with Crippen molar-refractivity contribution in [2.45, 2.75) is 39.7 Å². The normalized spacial score (nSPS) is 17.6. The van der Waals surface area contributed by atoms with Crippen molar-refractivity contribution in [2.24, 2.45) is 5.41 Å². The molecule has 1 aliphatic heterocycles. The van der Waals surface area contributed by atoms with Crippen molar-refractivity contribution in [1.29, 1.82) is 0 Å². The van der Waals surface area contributed by atoms with Crippen LogP contribution in [0, 0.1) is 5.41 Å². The SMILES string of the molecule is CCC1(CC)CCN(c2cc(CO)nc3ccccc23)C1. The second-order valence-corrected chi connectivity index (χ2v) is 6.19. The quantitative estimate of drug-likeness (QED) is 0.929. The van der Waals surface area contributed by atoms with E-state index in [1.807, 2.05) is 12.1 Å². The minimum Gasteiger partial charge on any atom is -0.390 e. The lowest BCUT2D eigenvalue weighted by atomic mass is 9.82. The predicted molar refractivity (Wildman–Crippen MR) is 87.5 cm³/mol. The van der Waals surface area contributed by atoms with Crippen LogP contribution in [-0.4, -0.2) is 23.2 Å². The highest BCUT2D eigenvalue weighted by Gasteiger charge is 2.35. The van der Waals surface area contributed by atoms with Crippen LogP contribution in [0.2, 0.25) is 0 Å². The molecule has 2 heterocycles. The summed E-state index contributed by atoms with van der Waals surface area (Å²) in [7, 11) is 0. The second-order valence-electron chi connectivity index (χ2n) is 6.19. The number of anilines is 1. The molecule has 1 fully saturated rings. The van der Waals surface area contributed by atoms with Gasteiger partial charge in [0, 0.05) is 24.2 Å². The van der Waals surface area contributed by atoms with Gasteiger partial charge in [-0.1, -0.05) is 32.0 Å². The summed E-state index contributed by atoms with van der Waals surface area (Å²) in [6, 6.07) is 10.3. The van der Waals surface area contributed by atoms with Crippen molar-refractivity contribution in [3.05, 3.63) is 36.0 Å². The van der Waals surface area contributed by atoms with Crippen molar-refractivity contribution < 1.29 is 5.11 Å². The van der Waals surface area contributed by atoms with Crippen LogP contribution < -0.4 is 4.90 Å². The van der Waals surface area contributed by atoms with Gasteiger partial charge in [0.25, 0.3) is 0 Å². The highest BCUT2D eigenvalue weighted by Crippen LogP contribution is 2.40. The molecule has 0 unspecified atom stereocenters. The van der Waals surface area contributed by atoms with Gasteiger partial charge in [-0.15, -0.1) is 0 Å². The third-order valence-corrected chi connectivity index (χ3v) is 5.19. The van der Waals surface area contributed by atoms with Crippen LogP contribution in [0.3, 0.4) is 0 Å². The van der Waals surface area contributed by atoms with Crippen molar-refractivity contribution >= 4 is 16.6 Å². The van der Waals surface area contributed by atoms with Crippen LogP contribution in [-0.2, 0) is 6.61 Å². The van der Waals surface area contributed by atoms with Gasteiger partial charge in [0.1, 0.15) is 0 Å². The predicted octanol–water partition coefficient (Wildman–Crippen LogP) is 3.74. The molecule has 0 spiro atoms. The molecule has 3 rings (SSSR count). The number of pyridine rings is 1. The fourth-order valence-corrected chi connectivity index (χ4v) is 3.52. The molecule has 0 saturated carbocycles. The zero-order chi connectivity index (χ0) is 14.9. The second kappa shape index (κ2) is 5.64. The fourth-order valence-electron chi connectivity index (χ4n) is 3.52. The lowest BCUT2D eigenvalue weighted by molar-refractivity contribution is 0.277. The van der Waals surface area contributed by atoms with E-state index in [0.29, 0.717) is 5.41 Å². The van der Waals surface area contributed by atoms with Crippen LogP contribution in [0.15, 0.2) is 30.3 Å².